The summed E-state index contributed by atoms with van der Waals surface area (Å²) in [5.41, 5.74) is 2.96. The lowest BCUT2D eigenvalue weighted by Gasteiger charge is -2.04. The quantitative estimate of drug-likeness (QED) is 0.436. The minimum Gasteiger partial charge on any atom is -1.00 e. The predicted molar refractivity (Wildman–Crippen MR) is 97.5 cm³/mol. The van der Waals surface area contributed by atoms with Crippen LogP contribution in [0.2, 0.25) is 5.02 Å². The largest absolute Gasteiger partial charge is 1.00 e. The molecule has 0 radical (unpaired) electrons. The van der Waals surface area contributed by atoms with E-state index in [0.717, 1.165) is 30.3 Å². The molecule has 0 atom stereocenters. The number of nitrogens with zero attached hydrogens (tertiary/aromatic N) is 2. The molecule has 3 aromatic rings. The molecule has 25 heavy (non-hydrogen) atoms. The van der Waals surface area contributed by atoms with Crippen LogP contribution in [-0.4, -0.2) is 10.4 Å². The van der Waals surface area contributed by atoms with Gasteiger partial charge in [0.1, 0.15) is 0 Å². The molecular formula is C20H22BrClN2O. The van der Waals surface area contributed by atoms with Crippen molar-refractivity contribution in [2.24, 2.45) is 7.05 Å². The van der Waals surface area contributed by atoms with Gasteiger partial charge in [0.15, 0.2) is 17.6 Å². The van der Waals surface area contributed by atoms with E-state index in [9.17, 15) is 4.79 Å². The molecule has 132 valence electrons. The number of carbonyl (C=O) groups excluding carboxylic acids is 1. The number of aryl methyl sites for hydroxylation is 1. The van der Waals surface area contributed by atoms with E-state index in [1.54, 1.807) is 24.3 Å². The van der Waals surface area contributed by atoms with Crippen molar-refractivity contribution in [3.8, 4) is 0 Å². The summed E-state index contributed by atoms with van der Waals surface area (Å²) < 4.78 is 4.36. The molecule has 1 aromatic heterocycles. The number of hydrogen-bond acceptors (Lipinski definition) is 1. The molecule has 0 fully saturated rings. The van der Waals surface area contributed by atoms with Crippen LogP contribution in [0.4, 0.5) is 0 Å². The summed E-state index contributed by atoms with van der Waals surface area (Å²) in [5.74, 6) is 1.30. The number of ketones is 1. The van der Waals surface area contributed by atoms with Gasteiger partial charge in [-0.1, -0.05) is 37.1 Å². The predicted octanol–water partition coefficient (Wildman–Crippen LogP) is 1.35. The zero-order valence-corrected chi connectivity index (χ0v) is 16.8. The Hall–Kier alpha value is -1.65. The molecule has 0 aliphatic heterocycles. The van der Waals surface area contributed by atoms with Gasteiger partial charge in [0.2, 0.25) is 5.78 Å². The van der Waals surface area contributed by atoms with Crippen LogP contribution in [0.3, 0.4) is 0 Å². The molecule has 0 aliphatic rings. The van der Waals surface area contributed by atoms with E-state index >= 15 is 0 Å². The maximum absolute atomic E-state index is 12.7. The maximum atomic E-state index is 12.7. The zero-order chi connectivity index (χ0) is 17.1. The molecule has 0 spiro atoms. The van der Waals surface area contributed by atoms with Crippen LogP contribution in [0.25, 0.3) is 11.0 Å². The van der Waals surface area contributed by atoms with Gasteiger partial charge in [-0.15, -0.1) is 0 Å². The van der Waals surface area contributed by atoms with Crippen LogP contribution in [0.1, 0.15) is 35.9 Å². The van der Waals surface area contributed by atoms with Crippen molar-refractivity contribution in [3.63, 3.8) is 0 Å². The molecule has 3 rings (SSSR count). The topological polar surface area (TPSA) is 25.9 Å². The molecule has 2 aromatic carbocycles. The SMILES string of the molecule is CCCCc1n(CC(=O)c2ccc(Cl)cc2)c2ccccc2[n+]1C.[Br-]. The summed E-state index contributed by atoms with van der Waals surface area (Å²) in [6.07, 6.45) is 3.21. The van der Waals surface area contributed by atoms with Crippen LogP contribution >= 0.6 is 11.6 Å². The summed E-state index contributed by atoms with van der Waals surface area (Å²) in [4.78, 5) is 12.7. The number of halogens is 2. The first-order valence-electron chi connectivity index (χ1n) is 8.36. The number of rotatable bonds is 6. The van der Waals surface area contributed by atoms with Gasteiger partial charge in [-0.3, -0.25) is 4.79 Å². The zero-order valence-electron chi connectivity index (χ0n) is 14.5. The first-order chi connectivity index (χ1) is 11.6. The van der Waals surface area contributed by atoms with Crippen molar-refractivity contribution >= 4 is 28.4 Å². The lowest BCUT2D eigenvalue weighted by molar-refractivity contribution is -0.654. The van der Waals surface area contributed by atoms with Gasteiger partial charge in [0.25, 0.3) is 5.82 Å². The molecule has 0 N–H and O–H groups in total. The van der Waals surface area contributed by atoms with Gasteiger partial charge in [-0.2, -0.15) is 0 Å². The summed E-state index contributed by atoms with van der Waals surface area (Å²) in [5, 5.41) is 0.646. The van der Waals surface area contributed by atoms with Gasteiger partial charge in [0.05, 0.1) is 7.05 Å². The minimum atomic E-state index is 0. The summed E-state index contributed by atoms with van der Waals surface area (Å²) in [6.45, 7) is 2.54. The smallest absolute Gasteiger partial charge is 0.257 e. The van der Waals surface area contributed by atoms with Crippen LogP contribution in [-0.2, 0) is 20.0 Å². The summed E-state index contributed by atoms with van der Waals surface area (Å²) in [6, 6.07) is 15.4. The number of hydrogen-bond donors (Lipinski definition) is 0. The third kappa shape index (κ3) is 4.13. The van der Waals surface area contributed by atoms with E-state index in [4.69, 9.17) is 11.6 Å². The van der Waals surface area contributed by atoms with Gasteiger partial charge in [-0.05, 0) is 42.8 Å². The monoisotopic (exact) mass is 420 g/mol. The molecular weight excluding hydrogens is 400 g/mol. The fraction of sp³-hybridized carbons (Fsp3) is 0.300. The first kappa shape index (κ1) is 19.7. The summed E-state index contributed by atoms with van der Waals surface area (Å²) in [7, 11) is 2.08. The number of para-hydroxylation sites is 2. The molecule has 3 nitrogen and oxygen atoms in total. The van der Waals surface area contributed by atoms with Crippen molar-refractivity contribution in [2.75, 3.05) is 0 Å². The van der Waals surface area contributed by atoms with Crippen molar-refractivity contribution in [1.82, 2.24) is 4.57 Å². The molecule has 0 saturated carbocycles. The third-order valence-electron chi connectivity index (χ3n) is 4.45. The van der Waals surface area contributed by atoms with E-state index in [2.05, 4.69) is 35.2 Å². The molecule has 0 amide bonds. The van der Waals surface area contributed by atoms with E-state index < -0.39 is 0 Å². The highest BCUT2D eigenvalue weighted by atomic mass is 79.9. The Bertz CT molecular complexity index is 871. The number of Topliss-reactive ketones (excluding diaryl/α,β-unsaturated/α-hetero) is 1. The number of fused-ring (bicyclic) bond motifs is 1. The van der Waals surface area contributed by atoms with Crippen molar-refractivity contribution in [1.29, 1.82) is 0 Å². The molecule has 0 aliphatic carbocycles. The normalized spacial score (nSPS) is 10.7. The van der Waals surface area contributed by atoms with Crippen LogP contribution < -0.4 is 21.5 Å². The lowest BCUT2D eigenvalue weighted by Crippen LogP contribution is -3.00. The fourth-order valence-electron chi connectivity index (χ4n) is 3.12. The second-order valence-electron chi connectivity index (χ2n) is 6.08. The van der Waals surface area contributed by atoms with E-state index in [-0.39, 0.29) is 22.8 Å². The van der Waals surface area contributed by atoms with E-state index in [1.165, 1.54) is 5.82 Å². The highest BCUT2D eigenvalue weighted by Gasteiger charge is 2.24. The summed E-state index contributed by atoms with van der Waals surface area (Å²) >= 11 is 5.92. The second kappa shape index (κ2) is 8.63. The molecule has 1 heterocycles. The fourth-order valence-corrected chi connectivity index (χ4v) is 3.25. The number of carbonyl (C=O) groups is 1. The molecule has 5 heteroatoms. The van der Waals surface area contributed by atoms with Crippen LogP contribution in [0.15, 0.2) is 48.5 Å². The minimum absolute atomic E-state index is 0. The lowest BCUT2D eigenvalue weighted by atomic mass is 10.1. The highest BCUT2D eigenvalue weighted by Crippen LogP contribution is 2.17. The number of benzene rings is 2. The third-order valence-corrected chi connectivity index (χ3v) is 4.71. The Morgan fingerprint density at radius 1 is 1.12 bits per heavy atom. The van der Waals surface area contributed by atoms with Crippen molar-refractivity contribution in [3.05, 3.63) is 64.9 Å². The second-order valence-corrected chi connectivity index (χ2v) is 6.52. The Balaban J connectivity index is 0.00000225. The van der Waals surface area contributed by atoms with Gasteiger partial charge < -0.3 is 17.0 Å². The average Bonchev–Trinajstić information content (AvgIpc) is 2.86. The van der Waals surface area contributed by atoms with Gasteiger partial charge >= 0.3 is 0 Å². The Kier molecular flexibility index (Phi) is 6.79. The Morgan fingerprint density at radius 2 is 1.80 bits per heavy atom. The van der Waals surface area contributed by atoms with E-state index in [0.29, 0.717) is 17.1 Å². The number of unbranched alkanes of at least 4 members (excludes halogenated alkanes) is 1. The number of imidazole rings is 1. The standard InChI is InChI=1S/C20H22ClN2O.BrH/c1-3-4-9-20-22(2)17-7-5-6-8-18(17)23(20)14-19(24)15-10-12-16(21)13-11-15;/h5-8,10-13H,3-4,9,14H2,1-2H3;1H/q+1;/p-1. The highest BCUT2D eigenvalue weighted by molar-refractivity contribution is 6.30. The average molecular weight is 422 g/mol. The maximum Gasteiger partial charge on any atom is 0.257 e. The molecule has 0 saturated heterocycles. The Morgan fingerprint density at radius 3 is 2.48 bits per heavy atom. The molecule has 0 bridgehead atoms. The molecule has 0 unspecified atom stereocenters. The van der Waals surface area contributed by atoms with Crippen LogP contribution in [0, 0.1) is 0 Å². The van der Waals surface area contributed by atoms with Crippen molar-refractivity contribution in [2.45, 2.75) is 32.7 Å². The van der Waals surface area contributed by atoms with Crippen LogP contribution in [0.5, 0.6) is 0 Å². The van der Waals surface area contributed by atoms with Crippen molar-refractivity contribution < 1.29 is 26.3 Å². The first-order valence-corrected chi connectivity index (χ1v) is 8.74. The van der Waals surface area contributed by atoms with Gasteiger partial charge in [0, 0.05) is 17.0 Å². The Labute approximate surface area is 164 Å². The van der Waals surface area contributed by atoms with Gasteiger partial charge in [-0.25, -0.2) is 9.13 Å². The number of aromatic nitrogens is 2. The van der Waals surface area contributed by atoms with E-state index in [1.807, 2.05) is 12.1 Å².